The second-order valence-corrected chi connectivity index (χ2v) is 7.65. The zero-order chi connectivity index (χ0) is 17.0. The molecule has 0 aliphatic rings. The summed E-state index contributed by atoms with van der Waals surface area (Å²) >= 11 is 3.26. The van der Waals surface area contributed by atoms with Crippen molar-refractivity contribution in [3.05, 3.63) is 64.1 Å². The number of ketones is 1. The molecule has 120 valence electrons. The van der Waals surface area contributed by atoms with E-state index in [1.165, 1.54) is 24.3 Å². The first kappa shape index (κ1) is 17.4. The summed E-state index contributed by atoms with van der Waals surface area (Å²) in [6.45, 7) is -0.394. The van der Waals surface area contributed by atoms with Crippen LogP contribution in [0.4, 0.5) is 0 Å². The number of halogens is 1. The third-order valence-corrected chi connectivity index (χ3v) is 4.85. The quantitative estimate of drug-likeness (QED) is 0.573. The molecule has 0 unspecified atom stereocenters. The molecule has 0 saturated heterocycles. The number of benzene rings is 2. The van der Waals surface area contributed by atoms with Crippen LogP contribution in [0, 0.1) is 0 Å². The van der Waals surface area contributed by atoms with Crippen molar-refractivity contribution in [1.29, 1.82) is 0 Å². The largest absolute Gasteiger partial charge is 0.454 e. The van der Waals surface area contributed by atoms with E-state index in [9.17, 15) is 18.0 Å². The number of carbonyl (C=O) groups is 2. The van der Waals surface area contributed by atoms with Crippen LogP contribution in [-0.2, 0) is 14.6 Å². The van der Waals surface area contributed by atoms with E-state index in [0.29, 0.717) is 10.0 Å². The summed E-state index contributed by atoms with van der Waals surface area (Å²) in [5.74, 6) is -1.02. The molecule has 0 radical (unpaired) electrons. The fraction of sp³-hybridized carbons (Fsp3) is 0.125. The maximum Gasteiger partial charge on any atom is 0.338 e. The van der Waals surface area contributed by atoms with Crippen LogP contribution in [0.2, 0.25) is 0 Å². The van der Waals surface area contributed by atoms with E-state index >= 15 is 0 Å². The Hall–Kier alpha value is -1.99. The van der Waals surface area contributed by atoms with Crippen LogP contribution in [0.1, 0.15) is 20.7 Å². The van der Waals surface area contributed by atoms with E-state index in [0.717, 1.165) is 6.26 Å². The predicted octanol–water partition coefficient (Wildman–Crippen LogP) is 2.89. The molecule has 0 aliphatic carbocycles. The van der Waals surface area contributed by atoms with Gasteiger partial charge < -0.3 is 4.74 Å². The number of Topliss-reactive ketones (excluding diaryl/α,β-unsaturated/α-hetero) is 1. The minimum atomic E-state index is -3.32. The standard InChI is InChI=1S/C16H13BrO5S/c1-23(20,21)12-8-6-11(7-9-12)16(19)22-10-15(18)13-4-2-3-5-14(13)17/h2-9H,10H2,1H3. The van der Waals surface area contributed by atoms with E-state index in [4.69, 9.17) is 4.74 Å². The molecule has 0 bridgehead atoms. The maximum atomic E-state index is 12.0. The summed E-state index contributed by atoms with van der Waals surface area (Å²) in [5, 5.41) is 0. The average Bonchev–Trinajstić information content (AvgIpc) is 2.52. The monoisotopic (exact) mass is 396 g/mol. The number of carbonyl (C=O) groups excluding carboxylic acids is 2. The normalized spacial score (nSPS) is 11.0. The van der Waals surface area contributed by atoms with Crippen LogP contribution in [0.3, 0.4) is 0 Å². The number of rotatable bonds is 5. The Labute approximate surface area is 142 Å². The highest BCUT2D eigenvalue weighted by molar-refractivity contribution is 9.10. The van der Waals surface area contributed by atoms with Gasteiger partial charge >= 0.3 is 5.97 Å². The van der Waals surface area contributed by atoms with E-state index in [1.54, 1.807) is 24.3 Å². The van der Waals surface area contributed by atoms with Gasteiger partial charge in [-0.1, -0.05) is 34.1 Å². The van der Waals surface area contributed by atoms with Gasteiger partial charge in [0.1, 0.15) is 0 Å². The van der Waals surface area contributed by atoms with Gasteiger partial charge in [-0.15, -0.1) is 0 Å². The van der Waals surface area contributed by atoms with Gasteiger partial charge in [0.25, 0.3) is 0 Å². The molecule has 5 nitrogen and oxygen atoms in total. The summed E-state index contributed by atoms with van der Waals surface area (Å²) in [7, 11) is -3.32. The molecular formula is C16H13BrO5S. The van der Waals surface area contributed by atoms with Gasteiger partial charge in [0, 0.05) is 16.3 Å². The minimum absolute atomic E-state index is 0.110. The number of hydrogen-bond acceptors (Lipinski definition) is 5. The number of ether oxygens (including phenoxy) is 1. The lowest BCUT2D eigenvalue weighted by Crippen LogP contribution is -2.14. The minimum Gasteiger partial charge on any atom is -0.454 e. The topological polar surface area (TPSA) is 77.5 Å². The van der Waals surface area contributed by atoms with Crippen molar-refractivity contribution in [3.8, 4) is 0 Å². The van der Waals surface area contributed by atoms with Crippen LogP contribution in [0.5, 0.6) is 0 Å². The molecule has 2 aromatic rings. The molecule has 0 amide bonds. The Bertz CT molecular complexity index is 841. The fourth-order valence-corrected chi connectivity index (χ4v) is 2.95. The summed E-state index contributed by atoms with van der Waals surface area (Å²) in [6, 6.07) is 12.2. The molecule has 0 heterocycles. The number of esters is 1. The van der Waals surface area contributed by atoms with Crippen molar-refractivity contribution in [2.24, 2.45) is 0 Å². The highest BCUT2D eigenvalue weighted by Gasteiger charge is 2.14. The lowest BCUT2D eigenvalue weighted by Gasteiger charge is -2.06. The van der Waals surface area contributed by atoms with Crippen LogP contribution in [0.15, 0.2) is 57.9 Å². The molecule has 2 rings (SSSR count). The van der Waals surface area contributed by atoms with Gasteiger partial charge in [0.2, 0.25) is 5.78 Å². The Morgan fingerprint density at radius 2 is 1.65 bits per heavy atom. The molecule has 0 spiro atoms. The van der Waals surface area contributed by atoms with Crippen molar-refractivity contribution in [2.75, 3.05) is 12.9 Å². The van der Waals surface area contributed by atoms with E-state index in [-0.39, 0.29) is 16.2 Å². The average molecular weight is 397 g/mol. The highest BCUT2D eigenvalue weighted by atomic mass is 79.9. The van der Waals surface area contributed by atoms with Crippen LogP contribution in [-0.4, -0.2) is 33.0 Å². The zero-order valence-electron chi connectivity index (χ0n) is 12.2. The van der Waals surface area contributed by atoms with Gasteiger partial charge in [-0.25, -0.2) is 13.2 Å². The van der Waals surface area contributed by atoms with E-state index in [2.05, 4.69) is 15.9 Å². The number of sulfone groups is 1. The van der Waals surface area contributed by atoms with Crippen molar-refractivity contribution in [1.82, 2.24) is 0 Å². The molecule has 0 N–H and O–H groups in total. The SMILES string of the molecule is CS(=O)(=O)c1ccc(C(=O)OCC(=O)c2ccccc2Br)cc1. The molecule has 7 heteroatoms. The van der Waals surface area contributed by atoms with Crippen molar-refractivity contribution < 1.29 is 22.7 Å². The van der Waals surface area contributed by atoms with Gasteiger partial charge in [-0.2, -0.15) is 0 Å². The van der Waals surface area contributed by atoms with Gasteiger partial charge in [-0.05, 0) is 30.3 Å². The molecule has 23 heavy (non-hydrogen) atoms. The first-order valence-corrected chi connectivity index (χ1v) is 9.22. The molecule has 2 aromatic carbocycles. The molecule has 0 saturated carbocycles. The molecule has 0 aromatic heterocycles. The molecule has 0 aliphatic heterocycles. The summed E-state index contributed by atoms with van der Waals surface area (Å²) < 4.78 is 28.3. The summed E-state index contributed by atoms with van der Waals surface area (Å²) in [6.07, 6.45) is 1.08. The molecule has 0 atom stereocenters. The van der Waals surface area contributed by atoms with Gasteiger partial charge in [0.05, 0.1) is 10.5 Å². The van der Waals surface area contributed by atoms with Crippen LogP contribution in [0.25, 0.3) is 0 Å². The first-order valence-electron chi connectivity index (χ1n) is 6.54. The van der Waals surface area contributed by atoms with Crippen molar-refractivity contribution >= 4 is 37.5 Å². The Balaban J connectivity index is 2.03. The van der Waals surface area contributed by atoms with E-state index in [1.807, 2.05) is 0 Å². The molecule has 0 fully saturated rings. The fourth-order valence-electron chi connectivity index (χ4n) is 1.82. The Morgan fingerprint density at radius 3 is 2.22 bits per heavy atom. The molecular weight excluding hydrogens is 384 g/mol. The zero-order valence-corrected chi connectivity index (χ0v) is 14.6. The second kappa shape index (κ2) is 7.06. The Morgan fingerprint density at radius 1 is 1.04 bits per heavy atom. The van der Waals surface area contributed by atoms with Gasteiger partial charge in [0.15, 0.2) is 16.4 Å². The second-order valence-electron chi connectivity index (χ2n) is 4.78. The lowest BCUT2D eigenvalue weighted by atomic mass is 10.1. The predicted molar refractivity (Wildman–Crippen MR) is 88.3 cm³/mol. The van der Waals surface area contributed by atoms with Crippen molar-refractivity contribution in [3.63, 3.8) is 0 Å². The lowest BCUT2D eigenvalue weighted by molar-refractivity contribution is 0.0474. The van der Waals surface area contributed by atoms with Gasteiger partial charge in [-0.3, -0.25) is 4.79 Å². The Kier molecular flexibility index (Phi) is 5.33. The smallest absolute Gasteiger partial charge is 0.338 e. The van der Waals surface area contributed by atoms with Crippen LogP contribution < -0.4 is 0 Å². The summed E-state index contributed by atoms with van der Waals surface area (Å²) in [4.78, 5) is 24.0. The third kappa shape index (κ3) is 4.49. The van der Waals surface area contributed by atoms with Crippen LogP contribution >= 0.6 is 15.9 Å². The van der Waals surface area contributed by atoms with E-state index < -0.39 is 22.4 Å². The number of hydrogen-bond donors (Lipinski definition) is 0. The third-order valence-electron chi connectivity index (χ3n) is 3.03. The highest BCUT2D eigenvalue weighted by Crippen LogP contribution is 2.17. The van der Waals surface area contributed by atoms with Crippen molar-refractivity contribution in [2.45, 2.75) is 4.90 Å². The first-order chi connectivity index (χ1) is 10.8. The summed E-state index contributed by atoms with van der Waals surface area (Å²) in [5.41, 5.74) is 0.602. The maximum absolute atomic E-state index is 12.0.